The summed E-state index contributed by atoms with van der Waals surface area (Å²) in [6.45, 7) is 1.67. The van der Waals surface area contributed by atoms with E-state index in [1.165, 1.54) is 13.2 Å². The van der Waals surface area contributed by atoms with Gasteiger partial charge >= 0.3 is 5.69 Å². The zero-order valence-corrected chi connectivity index (χ0v) is 16.3. The van der Waals surface area contributed by atoms with Crippen LogP contribution in [-0.4, -0.2) is 35.3 Å². The Bertz CT molecular complexity index is 1130. The van der Waals surface area contributed by atoms with Crippen molar-refractivity contribution < 1.29 is 19.6 Å². The lowest BCUT2D eigenvalue weighted by molar-refractivity contribution is -0.385. The summed E-state index contributed by atoms with van der Waals surface area (Å²) < 4.78 is 4.99. The van der Waals surface area contributed by atoms with Crippen LogP contribution >= 0.6 is 0 Å². The lowest BCUT2D eigenvalue weighted by atomic mass is 10.1. The first kappa shape index (κ1) is 20.6. The minimum Gasteiger partial charge on any atom is -0.502 e. The maximum Gasteiger partial charge on any atom is 0.315 e. The average molecular weight is 408 g/mol. The molecule has 3 N–H and O–H groups in total. The van der Waals surface area contributed by atoms with Gasteiger partial charge < -0.3 is 15.2 Å². The number of aromatic hydroxyl groups is 1. The highest BCUT2D eigenvalue weighted by molar-refractivity contribution is 5.90. The van der Waals surface area contributed by atoms with Gasteiger partial charge in [-0.05, 0) is 35.9 Å². The van der Waals surface area contributed by atoms with E-state index >= 15 is 0 Å². The topological polar surface area (TPSA) is 126 Å². The van der Waals surface area contributed by atoms with Crippen molar-refractivity contribution >= 4 is 34.3 Å². The van der Waals surface area contributed by atoms with Gasteiger partial charge in [0, 0.05) is 11.3 Å². The first-order chi connectivity index (χ1) is 14.4. The summed E-state index contributed by atoms with van der Waals surface area (Å²) >= 11 is 0. The minimum atomic E-state index is -0.733. The van der Waals surface area contributed by atoms with Crippen molar-refractivity contribution in [3.63, 3.8) is 0 Å². The SMILES string of the molecule is COc1cc(/C=N/NC(=O)[C@@H](C)Nc2ccc3ccccc3c2)c(O)c([N+](=O)[O-])c1. The Hall–Kier alpha value is -4.14. The summed E-state index contributed by atoms with van der Waals surface area (Å²) in [5.41, 5.74) is 2.65. The van der Waals surface area contributed by atoms with Gasteiger partial charge in [0.1, 0.15) is 11.8 Å². The van der Waals surface area contributed by atoms with Crippen molar-refractivity contribution in [3.8, 4) is 11.5 Å². The molecule has 9 nitrogen and oxygen atoms in total. The predicted molar refractivity (Wildman–Crippen MR) is 114 cm³/mol. The Kier molecular flexibility index (Phi) is 6.11. The number of ether oxygens (including phenoxy) is 1. The van der Waals surface area contributed by atoms with Gasteiger partial charge in [0.05, 0.1) is 24.3 Å². The average Bonchev–Trinajstić information content (AvgIpc) is 2.74. The number of hydrazone groups is 1. The van der Waals surface area contributed by atoms with Crippen LogP contribution in [0.1, 0.15) is 12.5 Å². The number of amides is 1. The monoisotopic (exact) mass is 408 g/mol. The summed E-state index contributed by atoms with van der Waals surface area (Å²) in [5, 5.41) is 30.1. The fourth-order valence-electron chi connectivity index (χ4n) is 2.83. The number of rotatable bonds is 7. The third-order valence-electron chi connectivity index (χ3n) is 4.43. The molecular weight excluding hydrogens is 388 g/mol. The van der Waals surface area contributed by atoms with E-state index < -0.39 is 28.3 Å². The normalized spacial score (nSPS) is 11.9. The van der Waals surface area contributed by atoms with E-state index in [0.717, 1.165) is 28.7 Å². The molecule has 0 heterocycles. The Morgan fingerprint density at radius 2 is 1.93 bits per heavy atom. The van der Waals surface area contributed by atoms with Gasteiger partial charge in [-0.2, -0.15) is 5.10 Å². The van der Waals surface area contributed by atoms with Crippen LogP contribution in [-0.2, 0) is 4.79 Å². The van der Waals surface area contributed by atoms with Crippen LogP contribution in [0.25, 0.3) is 10.8 Å². The number of methoxy groups -OCH3 is 1. The number of carbonyl (C=O) groups excluding carboxylic acids is 1. The summed E-state index contributed by atoms with van der Waals surface area (Å²) in [6.07, 6.45) is 1.12. The maximum absolute atomic E-state index is 12.3. The first-order valence-corrected chi connectivity index (χ1v) is 9.02. The quantitative estimate of drug-likeness (QED) is 0.312. The molecule has 154 valence electrons. The number of nitrogens with zero attached hydrogens (tertiary/aromatic N) is 2. The predicted octanol–water partition coefficient (Wildman–Crippen LogP) is 3.41. The maximum atomic E-state index is 12.3. The number of hydrogen-bond acceptors (Lipinski definition) is 7. The summed E-state index contributed by atoms with van der Waals surface area (Å²) in [7, 11) is 1.35. The zero-order valence-electron chi connectivity index (χ0n) is 16.3. The zero-order chi connectivity index (χ0) is 21.7. The van der Waals surface area contributed by atoms with Crippen LogP contribution < -0.4 is 15.5 Å². The molecular formula is C21H20N4O5. The van der Waals surface area contributed by atoms with Gasteiger partial charge in [-0.25, -0.2) is 5.43 Å². The third-order valence-corrected chi connectivity index (χ3v) is 4.43. The molecule has 30 heavy (non-hydrogen) atoms. The fourth-order valence-corrected chi connectivity index (χ4v) is 2.83. The van der Waals surface area contributed by atoms with Gasteiger partial charge in [-0.3, -0.25) is 14.9 Å². The van der Waals surface area contributed by atoms with E-state index in [4.69, 9.17) is 4.74 Å². The van der Waals surface area contributed by atoms with Crippen molar-refractivity contribution in [1.29, 1.82) is 0 Å². The molecule has 1 atom stereocenters. The summed E-state index contributed by atoms with van der Waals surface area (Å²) in [6, 6.07) is 15.5. The molecule has 0 fully saturated rings. The van der Waals surface area contributed by atoms with E-state index in [0.29, 0.717) is 0 Å². The molecule has 0 saturated heterocycles. The van der Waals surface area contributed by atoms with Crippen LogP contribution in [0.2, 0.25) is 0 Å². The molecule has 0 aliphatic heterocycles. The Balaban J connectivity index is 1.67. The van der Waals surface area contributed by atoms with Crippen LogP contribution in [0.3, 0.4) is 0 Å². The number of benzene rings is 3. The Morgan fingerprint density at radius 3 is 2.63 bits per heavy atom. The lowest BCUT2D eigenvalue weighted by Gasteiger charge is -2.14. The second kappa shape index (κ2) is 8.91. The van der Waals surface area contributed by atoms with Crippen LogP contribution in [0.15, 0.2) is 59.7 Å². The smallest absolute Gasteiger partial charge is 0.315 e. The van der Waals surface area contributed by atoms with Gasteiger partial charge in [-0.1, -0.05) is 30.3 Å². The molecule has 3 aromatic rings. The Morgan fingerprint density at radius 1 is 1.20 bits per heavy atom. The van der Waals surface area contributed by atoms with Crippen molar-refractivity contribution in [3.05, 3.63) is 70.3 Å². The van der Waals surface area contributed by atoms with E-state index in [2.05, 4.69) is 15.8 Å². The van der Waals surface area contributed by atoms with Crippen LogP contribution in [0.5, 0.6) is 11.5 Å². The molecule has 0 saturated carbocycles. The van der Waals surface area contributed by atoms with E-state index in [1.807, 2.05) is 42.5 Å². The fraction of sp³-hybridized carbons (Fsp3) is 0.143. The second-order valence-corrected chi connectivity index (χ2v) is 6.50. The van der Waals surface area contributed by atoms with Gasteiger partial charge in [0.2, 0.25) is 5.75 Å². The number of phenolic OH excluding ortho intramolecular Hbond substituents is 1. The summed E-state index contributed by atoms with van der Waals surface area (Å²) in [4.78, 5) is 22.6. The molecule has 0 aromatic heterocycles. The second-order valence-electron chi connectivity index (χ2n) is 6.50. The Labute approximate surface area is 172 Å². The molecule has 0 bridgehead atoms. The molecule has 0 radical (unpaired) electrons. The number of nitrogens with one attached hydrogen (secondary N) is 2. The summed E-state index contributed by atoms with van der Waals surface area (Å²) in [5.74, 6) is -0.809. The van der Waals surface area contributed by atoms with Crippen molar-refractivity contribution in [2.45, 2.75) is 13.0 Å². The van der Waals surface area contributed by atoms with E-state index in [9.17, 15) is 20.0 Å². The molecule has 0 unspecified atom stereocenters. The number of carbonyl (C=O) groups is 1. The molecule has 9 heteroatoms. The number of nitro benzene ring substituents is 1. The van der Waals surface area contributed by atoms with E-state index in [-0.39, 0.29) is 11.3 Å². The molecule has 0 aliphatic carbocycles. The largest absolute Gasteiger partial charge is 0.502 e. The molecule has 0 spiro atoms. The lowest BCUT2D eigenvalue weighted by Crippen LogP contribution is -2.34. The molecule has 3 rings (SSSR count). The van der Waals surface area contributed by atoms with Gasteiger partial charge in [0.15, 0.2) is 0 Å². The van der Waals surface area contributed by atoms with Crippen molar-refractivity contribution in [2.75, 3.05) is 12.4 Å². The van der Waals surface area contributed by atoms with E-state index in [1.54, 1.807) is 6.92 Å². The highest BCUT2D eigenvalue weighted by Crippen LogP contribution is 2.33. The number of anilines is 1. The third kappa shape index (κ3) is 4.64. The number of nitro groups is 1. The minimum absolute atomic E-state index is 0.0384. The van der Waals surface area contributed by atoms with Crippen LogP contribution in [0.4, 0.5) is 11.4 Å². The standard InChI is InChI=1S/C21H20N4O5/c1-13(23-17-8-7-14-5-3-4-6-15(14)9-17)21(27)24-22-12-16-10-18(30-2)11-19(20(16)26)25(28)29/h3-13,23,26H,1-2H3,(H,24,27)/b22-12+/t13-/m1/s1. The molecule has 3 aromatic carbocycles. The molecule has 1 amide bonds. The van der Waals surface area contributed by atoms with Crippen molar-refractivity contribution in [1.82, 2.24) is 5.43 Å². The van der Waals surface area contributed by atoms with Crippen LogP contribution in [0, 0.1) is 10.1 Å². The number of hydrogen-bond donors (Lipinski definition) is 3. The highest BCUT2D eigenvalue weighted by Gasteiger charge is 2.19. The van der Waals surface area contributed by atoms with Crippen molar-refractivity contribution in [2.24, 2.45) is 5.10 Å². The number of phenols is 1. The first-order valence-electron chi connectivity index (χ1n) is 9.02. The van der Waals surface area contributed by atoms with Gasteiger partial charge in [0.25, 0.3) is 5.91 Å². The molecule has 0 aliphatic rings. The van der Waals surface area contributed by atoms with Gasteiger partial charge in [-0.15, -0.1) is 0 Å². The number of fused-ring (bicyclic) bond motifs is 1. The highest BCUT2D eigenvalue weighted by atomic mass is 16.6.